The first kappa shape index (κ1) is 9.52. The molecular weight excluding hydrogens is 181 g/mol. The summed E-state index contributed by atoms with van der Waals surface area (Å²) < 4.78 is 36.5. The largest absolute Gasteiger partial charge is 0.418 e. The number of hydrogen-bond acceptors (Lipinski definition) is 2. The first-order chi connectivity index (χ1) is 5.95. The van der Waals surface area contributed by atoms with Crippen molar-refractivity contribution in [3.05, 3.63) is 29.1 Å². The van der Waals surface area contributed by atoms with Crippen LogP contribution in [0, 0.1) is 18.3 Å². The van der Waals surface area contributed by atoms with Crippen LogP contribution in [-0.2, 0) is 6.18 Å². The van der Waals surface area contributed by atoms with Crippen LogP contribution in [0.15, 0.2) is 12.1 Å². The second kappa shape index (κ2) is 3.05. The van der Waals surface area contributed by atoms with Crippen molar-refractivity contribution in [1.29, 1.82) is 5.26 Å². The van der Waals surface area contributed by atoms with Crippen molar-refractivity contribution in [2.45, 2.75) is 13.1 Å². The van der Waals surface area contributed by atoms with Crippen molar-refractivity contribution in [2.75, 3.05) is 0 Å². The number of aromatic nitrogens is 1. The predicted octanol–water partition coefficient (Wildman–Crippen LogP) is 2.28. The van der Waals surface area contributed by atoms with Crippen LogP contribution in [0.3, 0.4) is 0 Å². The summed E-state index contributed by atoms with van der Waals surface area (Å²) in [7, 11) is 0. The second-order valence-electron chi connectivity index (χ2n) is 2.44. The summed E-state index contributed by atoms with van der Waals surface area (Å²) in [5, 5.41) is 8.36. The van der Waals surface area contributed by atoms with Crippen LogP contribution in [0.4, 0.5) is 13.2 Å². The zero-order valence-electron chi connectivity index (χ0n) is 6.68. The van der Waals surface area contributed by atoms with Gasteiger partial charge in [-0.1, -0.05) is 0 Å². The van der Waals surface area contributed by atoms with Gasteiger partial charge in [-0.3, -0.25) is 0 Å². The first-order valence-corrected chi connectivity index (χ1v) is 3.40. The smallest absolute Gasteiger partial charge is 0.242 e. The van der Waals surface area contributed by atoms with E-state index >= 15 is 0 Å². The summed E-state index contributed by atoms with van der Waals surface area (Å²) in [5.74, 6) is 0. The van der Waals surface area contributed by atoms with Gasteiger partial charge in [-0.05, 0) is 19.1 Å². The molecule has 0 saturated carbocycles. The highest BCUT2D eigenvalue weighted by atomic mass is 19.4. The highest BCUT2D eigenvalue weighted by Crippen LogP contribution is 2.30. The molecule has 0 aliphatic carbocycles. The normalized spacial score (nSPS) is 11.0. The topological polar surface area (TPSA) is 36.7 Å². The number of alkyl halides is 3. The van der Waals surface area contributed by atoms with Gasteiger partial charge in [0, 0.05) is 0 Å². The van der Waals surface area contributed by atoms with Crippen LogP contribution >= 0.6 is 0 Å². The number of halogens is 3. The number of nitrogens with zero attached hydrogens (tertiary/aromatic N) is 2. The molecule has 0 saturated heterocycles. The minimum atomic E-state index is -4.40. The Morgan fingerprint density at radius 3 is 2.38 bits per heavy atom. The Hall–Kier alpha value is -1.57. The van der Waals surface area contributed by atoms with Crippen LogP contribution in [0.25, 0.3) is 0 Å². The highest BCUT2D eigenvalue weighted by molar-refractivity contribution is 5.29. The first-order valence-electron chi connectivity index (χ1n) is 3.40. The van der Waals surface area contributed by atoms with Crippen molar-refractivity contribution in [2.24, 2.45) is 0 Å². The minimum absolute atomic E-state index is 0.00880. The SMILES string of the molecule is Cc1nc(C#N)ccc1C(F)(F)F. The third kappa shape index (κ3) is 1.96. The van der Waals surface area contributed by atoms with Crippen LogP contribution in [0.1, 0.15) is 17.0 Å². The van der Waals surface area contributed by atoms with Crippen molar-refractivity contribution >= 4 is 0 Å². The average Bonchev–Trinajstić information content (AvgIpc) is 2.01. The predicted molar refractivity (Wildman–Crippen MR) is 38.7 cm³/mol. The fourth-order valence-electron chi connectivity index (χ4n) is 0.923. The van der Waals surface area contributed by atoms with E-state index in [9.17, 15) is 13.2 Å². The molecule has 0 unspecified atom stereocenters. The fraction of sp³-hybridized carbons (Fsp3) is 0.250. The molecular formula is C8H5F3N2. The lowest BCUT2D eigenvalue weighted by Crippen LogP contribution is -2.08. The monoisotopic (exact) mass is 186 g/mol. The fourth-order valence-corrected chi connectivity index (χ4v) is 0.923. The van der Waals surface area contributed by atoms with Gasteiger partial charge in [-0.2, -0.15) is 18.4 Å². The molecule has 0 radical (unpaired) electrons. The van der Waals surface area contributed by atoms with Crippen molar-refractivity contribution in [1.82, 2.24) is 4.98 Å². The maximum absolute atomic E-state index is 12.2. The number of rotatable bonds is 0. The molecule has 0 fully saturated rings. The highest BCUT2D eigenvalue weighted by Gasteiger charge is 2.32. The molecule has 2 nitrogen and oxygen atoms in total. The molecule has 0 bridgehead atoms. The molecule has 1 heterocycles. The lowest BCUT2D eigenvalue weighted by molar-refractivity contribution is -0.138. The van der Waals surface area contributed by atoms with E-state index in [1.54, 1.807) is 6.07 Å². The van der Waals surface area contributed by atoms with E-state index in [2.05, 4.69) is 4.98 Å². The minimum Gasteiger partial charge on any atom is -0.242 e. The number of hydrogen-bond donors (Lipinski definition) is 0. The van der Waals surface area contributed by atoms with E-state index in [-0.39, 0.29) is 11.4 Å². The summed E-state index contributed by atoms with van der Waals surface area (Å²) in [5.41, 5.74) is -0.983. The Labute approximate surface area is 72.6 Å². The van der Waals surface area contributed by atoms with Crippen LogP contribution in [0.5, 0.6) is 0 Å². The lowest BCUT2D eigenvalue weighted by atomic mass is 10.2. The third-order valence-corrected chi connectivity index (χ3v) is 1.51. The van der Waals surface area contributed by atoms with Gasteiger partial charge in [0.1, 0.15) is 11.8 Å². The Bertz CT molecular complexity index is 363. The number of aryl methyl sites for hydroxylation is 1. The van der Waals surface area contributed by atoms with Crippen LogP contribution in [-0.4, -0.2) is 4.98 Å². The van der Waals surface area contributed by atoms with Crippen molar-refractivity contribution < 1.29 is 13.2 Å². The van der Waals surface area contributed by atoms with E-state index in [0.717, 1.165) is 12.1 Å². The molecule has 0 atom stereocenters. The van der Waals surface area contributed by atoms with Gasteiger partial charge in [-0.25, -0.2) is 4.98 Å². The molecule has 68 valence electrons. The Balaban J connectivity index is 3.23. The third-order valence-electron chi connectivity index (χ3n) is 1.51. The molecule has 1 aromatic rings. The Morgan fingerprint density at radius 1 is 1.38 bits per heavy atom. The number of pyridine rings is 1. The average molecular weight is 186 g/mol. The molecule has 0 aromatic carbocycles. The molecule has 0 amide bonds. The standard InChI is InChI=1S/C8H5F3N2/c1-5-7(8(9,10)11)3-2-6(4-12)13-5/h2-3H,1H3. The molecule has 0 N–H and O–H groups in total. The van der Waals surface area contributed by atoms with Gasteiger partial charge in [0.15, 0.2) is 0 Å². The van der Waals surface area contributed by atoms with E-state index in [1.165, 1.54) is 6.92 Å². The quantitative estimate of drug-likeness (QED) is 0.623. The molecule has 13 heavy (non-hydrogen) atoms. The maximum Gasteiger partial charge on any atom is 0.418 e. The van der Waals surface area contributed by atoms with Crippen molar-refractivity contribution in [3.63, 3.8) is 0 Å². The summed E-state index contributed by atoms with van der Waals surface area (Å²) in [6.07, 6.45) is -4.40. The van der Waals surface area contributed by atoms with Gasteiger partial charge in [0.05, 0.1) is 11.3 Å². The van der Waals surface area contributed by atoms with E-state index < -0.39 is 11.7 Å². The molecule has 0 aliphatic rings. The molecule has 0 spiro atoms. The summed E-state index contributed by atoms with van der Waals surface area (Å²) in [6.45, 7) is 1.23. The molecule has 1 rings (SSSR count). The molecule has 1 aromatic heterocycles. The Morgan fingerprint density at radius 2 is 2.00 bits per heavy atom. The van der Waals surface area contributed by atoms with Gasteiger partial charge in [-0.15, -0.1) is 0 Å². The summed E-state index contributed by atoms with van der Waals surface area (Å²) in [6, 6.07) is 3.58. The van der Waals surface area contributed by atoms with Crippen LogP contribution < -0.4 is 0 Å². The van der Waals surface area contributed by atoms with E-state index in [4.69, 9.17) is 5.26 Å². The van der Waals surface area contributed by atoms with Crippen molar-refractivity contribution in [3.8, 4) is 6.07 Å². The number of nitriles is 1. The van der Waals surface area contributed by atoms with Gasteiger partial charge in [0.25, 0.3) is 0 Å². The lowest BCUT2D eigenvalue weighted by Gasteiger charge is -2.08. The molecule has 0 aliphatic heterocycles. The zero-order chi connectivity index (χ0) is 10.1. The van der Waals surface area contributed by atoms with Crippen LogP contribution in [0.2, 0.25) is 0 Å². The second-order valence-corrected chi connectivity index (χ2v) is 2.44. The van der Waals surface area contributed by atoms with Gasteiger partial charge in [0.2, 0.25) is 0 Å². The Kier molecular flexibility index (Phi) is 2.24. The zero-order valence-corrected chi connectivity index (χ0v) is 6.68. The van der Waals surface area contributed by atoms with Gasteiger partial charge >= 0.3 is 6.18 Å². The molecule has 5 heteroatoms. The van der Waals surface area contributed by atoms with E-state index in [1.807, 2.05) is 0 Å². The van der Waals surface area contributed by atoms with E-state index in [0.29, 0.717) is 0 Å². The summed E-state index contributed by atoms with van der Waals surface area (Å²) in [4.78, 5) is 3.48. The summed E-state index contributed by atoms with van der Waals surface area (Å²) >= 11 is 0. The van der Waals surface area contributed by atoms with Gasteiger partial charge < -0.3 is 0 Å². The maximum atomic E-state index is 12.2.